The lowest BCUT2D eigenvalue weighted by Crippen LogP contribution is -2.15. The van der Waals surface area contributed by atoms with E-state index in [2.05, 4.69) is 20.3 Å². The first-order valence-electron chi connectivity index (χ1n) is 8.06. The van der Waals surface area contributed by atoms with Gasteiger partial charge in [0.2, 0.25) is 5.95 Å². The van der Waals surface area contributed by atoms with Crippen molar-refractivity contribution in [3.8, 4) is 0 Å². The molecule has 1 atom stereocenters. The smallest absolute Gasteiger partial charge is 0.224 e. The Balaban J connectivity index is 1.87. The minimum absolute atomic E-state index is 0.0694. The number of nitrogens with zero attached hydrogens (tertiary/aromatic N) is 4. The van der Waals surface area contributed by atoms with Crippen LogP contribution in [0.4, 0.5) is 23.3 Å². The highest BCUT2D eigenvalue weighted by atomic mass is 35.5. The van der Waals surface area contributed by atoms with E-state index in [0.717, 1.165) is 21.7 Å². The molecule has 1 unspecified atom stereocenters. The lowest BCUT2D eigenvalue weighted by Gasteiger charge is -2.17. The largest absolute Gasteiger partial charge is 0.382 e. The minimum Gasteiger partial charge on any atom is -0.382 e. The first-order valence-corrected chi connectivity index (χ1v) is 9.64. The van der Waals surface area contributed by atoms with Crippen LogP contribution >= 0.6 is 34.5 Å². The van der Waals surface area contributed by atoms with Gasteiger partial charge < -0.3 is 16.8 Å². The van der Waals surface area contributed by atoms with E-state index < -0.39 is 0 Å². The Labute approximate surface area is 169 Å². The summed E-state index contributed by atoms with van der Waals surface area (Å²) < 4.78 is 0.372. The van der Waals surface area contributed by atoms with Crippen LogP contribution in [0.5, 0.6) is 0 Å². The van der Waals surface area contributed by atoms with Crippen molar-refractivity contribution < 1.29 is 0 Å². The SMILES string of the molecule is Cc1ccc(C2=Nc3c(N)nc(N)nc3NC(c3sc(Cl)nc3Cl)C2)cc1. The van der Waals surface area contributed by atoms with E-state index in [1.54, 1.807) is 0 Å². The van der Waals surface area contributed by atoms with Gasteiger partial charge in [0.15, 0.2) is 16.1 Å². The maximum Gasteiger partial charge on any atom is 0.224 e. The van der Waals surface area contributed by atoms with Crippen molar-refractivity contribution in [3.63, 3.8) is 0 Å². The normalized spacial score (nSPS) is 16.3. The first kappa shape index (κ1) is 18.0. The summed E-state index contributed by atoms with van der Waals surface area (Å²) in [7, 11) is 0. The van der Waals surface area contributed by atoms with Crippen LogP contribution < -0.4 is 16.8 Å². The number of halogens is 2. The van der Waals surface area contributed by atoms with Crippen LogP contribution in [-0.2, 0) is 0 Å². The van der Waals surface area contributed by atoms with E-state index in [0.29, 0.717) is 27.5 Å². The molecule has 0 saturated carbocycles. The van der Waals surface area contributed by atoms with Crippen molar-refractivity contribution in [2.75, 3.05) is 16.8 Å². The first-order chi connectivity index (χ1) is 12.9. The molecule has 3 heterocycles. The summed E-state index contributed by atoms with van der Waals surface area (Å²) in [5.41, 5.74) is 15.2. The quantitative estimate of drug-likeness (QED) is 0.566. The van der Waals surface area contributed by atoms with Gasteiger partial charge in [-0.25, -0.2) is 9.98 Å². The monoisotopic (exact) mass is 419 g/mol. The van der Waals surface area contributed by atoms with Crippen LogP contribution in [0, 0.1) is 6.92 Å². The summed E-state index contributed by atoms with van der Waals surface area (Å²) in [6, 6.07) is 7.87. The fourth-order valence-electron chi connectivity index (χ4n) is 2.88. The van der Waals surface area contributed by atoms with Crippen LogP contribution in [0.3, 0.4) is 0 Å². The summed E-state index contributed by atoms with van der Waals surface area (Å²) in [4.78, 5) is 17.9. The molecular weight excluding hydrogens is 405 g/mol. The number of nitrogens with one attached hydrogen (secondary N) is 1. The Morgan fingerprint density at radius 1 is 1.11 bits per heavy atom. The van der Waals surface area contributed by atoms with Crippen LogP contribution in [0.15, 0.2) is 29.3 Å². The predicted octanol–water partition coefficient (Wildman–Crippen LogP) is 4.39. The molecule has 1 aliphatic rings. The highest BCUT2D eigenvalue weighted by molar-refractivity contribution is 7.16. The van der Waals surface area contributed by atoms with Gasteiger partial charge in [0.25, 0.3) is 0 Å². The summed E-state index contributed by atoms with van der Waals surface area (Å²) >= 11 is 13.6. The molecule has 0 fully saturated rings. The third kappa shape index (κ3) is 3.55. The van der Waals surface area contributed by atoms with E-state index >= 15 is 0 Å². The molecule has 0 bridgehead atoms. The fourth-order valence-corrected chi connectivity index (χ4v) is 4.37. The third-order valence-electron chi connectivity index (χ3n) is 4.17. The number of aliphatic imine (C=N–C) groups is 1. The second kappa shape index (κ2) is 6.95. The van der Waals surface area contributed by atoms with Crippen molar-refractivity contribution >= 4 is 63.5 Å². The molecule has 0 aliphatic carbocycles. The Bertz CT molecular complexity index is 1050. The van der Waals surface area contributed by atoms with Gasteiger partial charge in [-0.2, -0.15) is 9.97 Å². The molecule has 0 amide bonds. The number of nitrogen functional groups attached to an aromatic ring is 2. The second-order valence-corrected chi connectivity index (χ2v) is 8.08. The van der Waals surface area contributed by atoms with E-state index in [-0.39, 0.29) is 17.8 Å². The minimum atomic E-state index is -0.238. The highest BCUT2D eigenvalue weighted by Gasteiger charge is 2.27. The fraction of sp³-hybridized carbons (Fsp3) is 0.176. The highest BCUT2D eigenvalue weighted by Crippen LogP contribution is 2.41. The van der Waals surface area contributed by atoms with Gasteiger partial charge >= 0.3 is 0 Å². The number of benzene rings is 1. The standard InChI is InChI=1S/C17H15Cl2N7S/c1-7-2-4-8(5-3-7)9-6-10(12-13(18)24-16(19)27-12)23-15-11(22-9)14(20)25-17(21)26-15/h2-5,10H,6H2,1H3,(H5,20,21,23,25,26). The van der Waals surface area contributed by atoms with Crippen LogP contribution in [0.2, 0.25) is 9.62 Å². The number of thiazole rings is 1. The van der Waals surface area contributed by atoms with Gasteiger partial charge in [-0.15, -0.1) is 11.3 Å². The summed E-state index contributed by atoms with van der Waals surface area (Å²) in [6.45, 7) is 2.03. The molecule has 1 aromatic carbocycles. The second-order valence-electron chi connectivity index (χ2n) is 6.11. The van der Waals surface area contributed by atoms with Crippen molar-refractivity contribution in [2.24, 2.45) is 4.99 Å². The Hall–Kier alpha value is -2.42. The number of nitrogens with two attached hydrogens (primary N) is 2. The molecule has 0 saturated heterocycles. The molecule has 1 aliphatic heterocycles. The summed E-state index contributed by atoms with van der Waals surface area (Å²) in [6.07, 6.45) is 0.539. The topological polar surface area (TPSA) is 115 Å². The number of fused-ring (bicyclic) bond motifs is 1. The van der Waals surface area contributed by atoms with Gasteiger partial charge in [0, 0.05) is 6.42 Å². The summed E-state index contributed by atoms with van der Waals surface area (Å²) in [5.74, 6) is 0.733. The van der Waals surface area contributed by atoms with Gasteiger partial charge in [0.1, 0.15) is 10.8 Å². The molecule has 4 rings (SSSR count). The van der Waals surface area contributed by atoms with Crippen molar-refractivity contribution in [3.05, 3.63) is 49.9 Å². The molecule has 0 spiro atoms. The molecule has 7 nitrogen and oxygen atoms in total. The Kier molecular flexibility index (Phi) is 4.63. The van der Waals surface area contributed by atoms with Crippen LogP contribution in [0.1, 0.15) is 28.5 Å². The lowest BCUT2D eigenvalue weighted by atomic mass is 10.0. The zero-order valence-corrected chi connectivity index (χ0v) is 16.5. The Morgan fingerprint density at radius 2 is 1.85 bits per heavy atom. The van der Waals surface area contributed by atoms with Crippen LogP contribution in [-0.4, -0.2) is 20.7 Å². The average Bonchev–Trinajstić information content (AvgIpc) is 2.83. The maximum atomic E-state index is 6.29. The molecule has 27 heavy (non-hydrogen) atoms. The molecule has 3 aromatic rings. The zero-order valence-electron chi connectivity index (χ0n) is 14.2. The van der Waals surface area contributed by atoms with Gasteiger partial charge in [-0.3, -0.25) is 0 Å². The van der Waals surface area contributed by atoms with Crippen LogP contribution in [0.25, 0.3) is 0 Å². The molecule has 0 radical (unpaired) electrons. The zero-order chi connectivity index (χ0) is 19.1. The molecule has 138 valence electrons. The van der Waals surface area contributed by atoms with Gasteiger partial charge in [0.05, 0.1) is 16.6 Å². The molecule has 2 aromatic heterocycles. The van der Waals surface area contributed by atoms with E-state index in [4.69, 9.17) is 39.7 Å². The molecule has 5 N–H and O–H groups in total. The predicted molar refractivity (Wildman–Crippen MR) is 111 cm³/mol. The number of anilines is 3. The number of hydrogen-bond donors (Lipinski definition) is 3. The third-order valence-corrected chi connectivity index (χ3v) is 5.84. The number of rotatable bonds is 2. The van der Waals surface area contributed by atoms with Gasteiger partial charge in [-0.05, 0) is 12.5 Å². The van der Waals surface area contributed by atoms with Crippen molar-refractivity contribution in [2.45, 2.75) is 19.4 Å². The average molecular weight is 420 g/mol. The van der Waals surface area contributed by atoms with Crippen molar-refractivity contribution in [1.29, 1.82) is 0 Å². The van der Waals surface area contributed by atoms with E-state index in [1.807, 2.05) is 31.2 Å². The summed E-state index contributed by atoms with van der Waals surface area (Å²) in [5, 5.41) is 3.68. The maximum absolute atomic E-state index is 6.29. The van der Waals surface area contributed by atoms with Crippen molar-refractivity contribution in [1.82, 2.24) is 15.0 Å². The van der Waals surface area contributed by atoms with Gasteiger partial charge in [-0.1, -0.05) is 53.0 Å². The number of aromatic nitrogens is 3. The Morgan fingerprint density at radius 3 is 2.52 bits per heavy atom. The molecule has 10 heteroatoms. The number of aryl methyl sites for hydroxylation is 1. The van der Waals surface area contributed by atoms with E-state index in [9.17, 15) is 0 Å². The van der Waals surface area contributed by atoms with E-state index in [1.165, 1.54) is 11.3 Å². The number of hydrogen-bond acceptors (Lipinski definition) is 8. The lowest BCUT2D eigenvalue weighted by molar-refractivity contribution is 0.838. The molecular formula is C17H15Cl2N7S.